The number of rotatable bonds is 7. The van der Waals surface area contributed by atoms with Gasteiger partial charge in [0.15, 0.2) is 5.82 Å². The maximum Gasteiger partial charge on any atom is 0.423 e. The fourth-order valence-electron chi connectivity index (χ4n) is 3.84. The third kappa shape index (κ3) is 5.24. The standard InChI is InChI=1S/C23H19F5N6O2/c1-12(32-18-10-31-33-21(35)19(18)23(26,27)28)7-14(24)11-34-6-3-13-8-16(20-29-4-2-5-30-20)17(25)9-15(13)22(34)36/h2-6,8-10,12,14H,7,11H2,1H3,(H2,32,33,35). The highest BCUT2D eigenvalue weighted by Crippen LogP contribution is 2.32. The average molecular weight is 506 g/mol. The summed E-state index contributed by atoms with van der Waals surface area (Å²) in [5.41, 5.74) is -3.99. The second kappa shape index (κ2) is 9.84. The van der Waals surface area contributed by atoms with E-state index < -0.39 is 53.1 Å². The van der Waals surface area contributed by atoms with Gasteiger partial charge >= 0.3 is 6.18 Å². The van der Waals surface area contributed by atoms with Gasteiger partial charge in [0.1, 0.15) is 17.6 Å². The summed E-state index contributed by atoms with van der Waals surface area (Å²) < 4.78 is 70.1. The Morgan fingerprint density at radius 1 is 1.17 bits per heavy atom. The Kier molecular flexibility index (Phi) is 6.82. The summed E-state index contributed by atoms with van der Waals surface area (Å²) in [6.07, 6.45) is -1.80. The Balaban J connectivity index is 1.51. The van der Waals surface area contributed by atoms with E-state index in [1.807, 2.05) is 0 Å². The van der Waals surface area contributed by atoms with Gasteiger partial charge in [0, 0.05) is 31.1 Å². The van der Waals surface area contributed by atoms with Crippen LogP contribution < -0.4 is 16.4 Å². The monoisotopic (exact) mass is 506 g/mol. The van der Waals surface area contributed by atoms with Crippen molar-refractivity contribution in [3.8, 4) is 11.4 Å². The zero-order valence-electron chi connectivity index (χ0n) is 18.7. The molecule has 0 spiro atoms. The molecule has 4 aromatic rings. The van der Waals surface area contributed by atoms with Crippen LogP contribution in [0, 0.1) is 5.82 Å². The van der Waals surface area contributed by atoms with E-state index >= 15 is 0 Å². The smallest absolute Gasteiger partial charge is 0.381 e. The highest BCUT2D eigenvalue weighted by Gasteiger charge is 2.37. The van der Waals surface area contributed by atoms with E-state index in [0.29, 0.717) is 5.39 Å². The third-order valence-corrected chi connectivity index (χ3v) is 5.42. The molecule has 188 valence electrons. The number of benzene rings is 1. The zero-order valence-corrected chi connectivity index (χ0v) is 18.7. The number of hydrogen-bond acceptors (Lipinski definition) is 6. The van der Waals surface area contributed by atoms with Crippen LogP contribution in [-0.4, -0.2) is 36.9 Å². The van der Waals surface area contributed by atoms with Crippen LogP contribution in [0.5, 0.6) is 0 Å². The SMILES string of the molecule is CC(CC(F)Cn1ccc2cc(-c3ncccn3)c(F)cc2c1=O)Nc1cn[nH]c(=O)c1C(F)(F)F. The van der Waals surface area contributed by atoms with Gasteiger partial charge in [-0.2, -0.15) is 18.3 Å². The van der Waals surface area contributed by atoms with Gasteiger partial charge < -0.3 is 9.88 Å². The lowest BCUT2D eigenvalue weighted by molar-refractivity contribution is -0.138. The average Bonchev–Trinajstić information content (AvgIpc) is 2.80. The van der Waals surface area contributed by atoms with E-state index in [4.69, 9.17) is 0 Å². The van der Waals surface area contributed by atoms with Crippen LogP contribution in [-0.2, 0) is 12.7 Å². The first-order valence-corrected chi connectivity index (χ1v) is 10.7. The molecule has 0 bridgehead atoms. The molecule has 13 heteroatoms. The Labute approximate surface area is 199 Å². The quantitative estimate of drug-likeness (QED) is 0.368. The summed E-state index contributed by atoms with van der Waals surface area (Å²) >= 11 is 0. The number of anilines is 1. The van der Waals surface area contributed by atoms with Gasteiger partial charge in [0.25, 0.3) is 11.1 Å². The van der Waals surface area contributed by atoms with Crippen molar-refractivity contribution in [2.75, 3.05) is 5.32 Å². The number of halogens is 5. The largest absolute Gasteiger partial charge is 0.423 e. The molecule has 3 heterocycles. The number of fused-ring (bicyclic) bond motifs is 1. The molecular formula is C23H19F5N6O2. The highest BCUT2D eigenvalue weighted by molar-refractivity contribution is 5.85. The van der Waals surface area contributed by atoms with E-state index in [9.17, 15) is 31.5 Å². The van der Waals surface area contributed by atoms with Crippen LogP contribution in [0.2, 0.25) is 0 Å². The Hall–Kier alpha value is -4.16. The number of H-pyrrole nitrogens is 1. The Morgan fingerprint density at radius 2 is 1.89 bits per heavy atom. The second-order valence-electron chi connectivity index (χ2n) is 8.13. The number of nitrogens with one attached hydrogen (secondary N) is 2. The highest BCUT2D eigenvalue weighted by atomic mass is 19.4. The summed E-state index contributed by atoms with van der Waals surface area (Å²) in [6.45, 7) is 1.02. The van der Waals surface area contributed by atoms with E-state index in [0.717, 1.165) is 16.8 Å². The number of alkyl halides is 4. The Morgan fingerprint density at radius 3 is 2.58 bits per heavy atom. The lowest BCUT2D eigenvalue weighted by Gasteiger charge is -2.20. The van der Waals surface area contributed by atoms with Crippen LogP contribution in [0.1, 0.15) is 18.9 Å². The Bertz CT molecular complexity index is 1500. The number of pyridine rings is 1. The summed E-state index contributed by atoms with van der Waals surface area (Å²) in [4.78, 5) is 32.4. The number of aromatic amines is 1. The van der Waals surface area contributed by atoms with Gasteiger partial charge in [0.05, 0.1) is 29.4 Å². The minimum absolute atomic E-state index is 0.0254. The molecule has 36 heavy (non-hydrogen) atoms. The first kappa shape index (κ1) is 24.9. The molecule has 1 aromatic carbocycles. The minimum Gasteiger partial charge on any atom is -0.381 e. The van der Waals surface area contributed by atoms with Crippen molar-refractivity contribution < 1.29 is 22.0 Å². The molecule has 0 amide bonds. The number of aromatic nitrogens is 5. The predicted octanol–water partition coefficient (Wildman–Crippen LogP) is 3.93. The van der Waals surface area contributed by atoms with Crippen molar-refractivity contribution in [2.24, 2.45) is 0 Å². The van der Waals surface area contributed by atoms with Crippen LogP contribution in [0.3, 0.4) is 0 Å². The molecule has 8 nitrogen and oxygen atoms in total. The van der Waals surface area contributed by atoms with Gasteiger partial charge in [-0.15, -0.1) is 0 Å². The number of nitrogens with zero attached hydrogens (tertiary/aromatic N) is 4. The molecule has 3 aromatic heterocycles. The molecule has 0 fully saturated rings. The fraction of sp³-hybridized carbons (Fsp3) is 0.261. The maximum atomic E-state index is 14.8. The summed E-state index contributed by atoms with van der Waals surface area (Å²) in [5, 5.41) is 7.96. The van der Waals surface area contributed by atoms with Crippen molar-refractivity contribution in [3.05, 3.63) is 81.1 Å². The van der Waals surface area contributed by atoms with Crippen LogP contribution in [0.15, 0.2) is 58.6 Å². The second-order valence-corrected chi connectivity index (χ2v) is 8.13. The fourth-order valence-corrected chi connectivity index (χ4v) is 3.84. The van der Waals surface area contributed by atoms with E-state index in [1.165, 1.54) is 37.6 Å². The van der Waals surface area contributed by atoms with Gasteiger partial charge in [0.2, 0.25) is 0 Å². The molecule has 2 atom stereocenters. The van der Waals surface area contributed by atoms with Crippen molar-refractivity contribution in [1.82, 2.24) is 24.7 Å². The molecule has 2 unspecified atom stereocenters. The van der Waals surface area contributed by atoms with Crippen molar-refractivity contribution in [2.45, 2.75) is 38.3 Å². The lowest BCUT2D eigenvalue weighted by atomic mass is 10.1. The van der Waals surface area contributed by atoms with E-state index in [1.54, 1.807) is 11.2 Å². The third-order valence-electron chi connectivity index (χ3n) is 5.42. The van der Waals surface area contributed by atoms with E-state index in [-0.39, 0.29) is 23.2 Å². The molecule has 0 saturated heterocycles. The molecule has 0 aliphatic carbocycles. The van der Waals surface area contributed by atoms with Crippen molar-refractivity contribution in [3.63, 3.8) is 0 Å². The first-order chi connectivity index (χ1) is 17.0. The van der Waals surface area contributed by atoms with E-state index in [2.05, 4.69) is 20.4 Å². The van der Waals surface area contributed by atoms with Gasteiger partial charge in [-0.3, -0.25) is 9.59 Å². The van der Waals surface area contributed by atoms with Gasteiger partial charge in [-0.1, -0.05) is 0 Å². The lowest BCUT2D eigenvalue weighted by Crippen LogP contribution is -2.30. The molecule has 0 aliphatic rings. The van der Waals surface area contributed by atoms with Crippen LogP contribution in [0.25, 0.3) is 22.2 Å². The van der Waals surface area contributed by atoms with Crippen LogP contribution >= 0.6 is 0 Å². The molecule has 0 aliphatic heterocycles. The van der Waals surface area contributed by atoms with Crippen LogP contribution in [0.4, 0.5) is 27.6 Å². The molecule has 0 saturated carbocycles. The maximum absolute atomic E-state index is 14.8. The zero-order chi connectivity index (χ0) is 26.0. The first-order valence-electron chi connectivity index (χ1n) is 10.7. The van der Waals surface area contributed by atoms with Gasteiger partial charge in [-0.05, 0) is 36.6 Å². The summed E-state index contributed by atoms with van der Waals surface area (Å²) in [7, 11) is 0. The molecule has 4 rings (SSSR count). The summed E-state index contributed by atoms with van der Waals surface area (Å²) in [6, 6.07) is 4.73. The normalized spacial score (nSPS) is 13.5. The summed E-state index contributed by atoms with van der Waals surface area (Å²) in [5.74, 6) is -0.569. The molecule has 0 radical (unpaired) electrons. The predicted molar refractivity (Wildman–Crippen MR) is 122 cm³/mol. The topological polar surface area (TPSA) is 106 Å². The minimum atomic E-state index is -4.94. The van der Waals surface area contributed by atoms with Gasteiger partial charge in [-0.25, -0.2) is 23.8 Å². The van der Waals surface area contributed by atoms with Crippen molar-refractivity contribution >= 4 is 16.5 Å². The number of hydrogen-bond donors (Lipinski definition) is 2. The molecule has 2 N–H and O–H groups in total. The van der Waals surface area contributed by atoms with Crippen molar-refractivity contribution in [1.29, 1.82) is 0 Å². The molecular weight excluding hydrogens is 487 g/mol.